The number of para-hydroxylation sites is 1. The standard InChI is InChI=1S/C47H30N4/c1-3-14-33(15-4-1)45-48-46(34-16-5-2-6-17-34)50-47(49-45)35-25-23-32(24-26-35)36-28-30-42(39-20-10-9-19-38(36)39)51-41-22-12-11-21-40(41)44-37-18-8-7-13-31(37)27-29-43(44)51/h1-30H. The van der Waals surface area contributed by atoms with Gasteiger partial charge in [0.25, 0.3) is 0 Å². The summed E-state index contributed by atoms with van der Waals surface area (Å²) in [6.07, 6.45) is 0. The Kier molecular flexibility index (Phi) is 6.78. The van der Waals surface area contributed by atoms with E-state index in [1.807, 2.05) is 60.7 Å². The van der Waals surface area contributed by atoms with Crippen molar-refractivity contribution in [2.45, 2.75) is 0 Å². The van der Waals surface area contributed by atoms with Gasteiger partial charge in [-0.3, -0.25) is 0 Å². The number of rotatable bonds is 5. The van der Waals surface area contributed by atoms with Crippen LogP contribution < -0.4 is 0 Å². The SMILES string of the molecule is c1ccc(-c2nc(-c3ccccc3)nc(-c3ccc(-c4ccc(-n5c6ccccc6c6c7ccccc7ccc65)c5ccccc45)cc3)n2)cc1. The molecule has 0 fully saturated rings. The maximum absolute atomic E-state index is 4.94. The Morgan fingerprint density at radius 1 is 0.314 bits per heavy atom. The molecule has 0 aliphatic rings. The Morgan fingerprint density at radius 2 is 0.824 bits per heavy atom. The Labute approximate surface area is 295 Å². The average molecular weight is 651 g/mol. The Morgan fingerprint density at radius 3 is 1.49 bits per heavy atom. The van der Waals surface area contributed by atoms with Gasteiger partial charge in [-0.05, 0) is 45.5 Å². The minimum absolute atomic E-state index is 0.647. The number of hydrogen-bond donors (Lipinski definition) is 0. The molecule has 8 aromatic carbocycles. The molecule has 0 bridgehead atoms. The smallest absolute Gasteiger partial charge is 0.164 e. The summed E-state index contributed by atoms with van der Waals surface area (Å²) >= 11 is 0. The van der Waals surface area contributed by atoms with Gasteiger partial charge < -0.3 is 4.57 Å². The van der Waals surface area contributed by atoms with Gasteiger partial charge in [0.1, 0.15) is 0 Å². The fraction of sp³-hybridized carbons (Fsp3) is 0. The highest BCUT2D eigenvalue weighted by molar-refractivity contribution is 6.22. The van der Waals surface area contributed by atoms with Crippen molar-refractivity contribution in [3.05, 3.63) is 182 Å². The number of nitrogens with zero attached hydrogens (tertiary/aromatic N) is 4. The molecule has 0 atom stereocenters. The fourth-order valence-electron chi connectivity index (χ4n) is 7.47. The van der Waals surface area contributed by atoms with E-state index in [4.69, 9.17) is 15.0 Å². The van der Waals surface area contributed by atoms with Crippen molar-refractivity contribution in [2.75, 3.05) is 0 Å². The van der Waals surface area contributed by atoms with Crippen LogP contribution in [0.25, 0.3) is 94.3 Å². The van der Waals surface area contributed by atoms with Crippen LogP contribution in [0.4, 0.5) is 0 Å². The molecule has 238 valence electrons. The first-order valence-electron chi connectivity index (χ1n) is 17.2. The summed E-state index contributed by atoms with van der Waals surface area (Å²) in [6.45, 7) is 0. The minimum Gasteiger partial charge on any atom is -0.309 e. The minimum atomic E-state index is 0.647. The van der Waals surface area contributed by atoms with Gasteiger partial charge in [-0.25, -0.2) is 15.0 Å². The van der Waals surface area contributed by atoms with Crippen LogP contribution in [0.15, 0.2) is 182 Å². The van der Waals surface area contributed by atoms with Crippen molar-refractivity contribution in [3.63, 3.8) is 0 Å². The van der Waals surface area contributed by atoms with E-state index in [1.54, 1.807) is 0 Å². The maximum Gasteiger partial charge on any atom is 0.164 e. The van der Waals surface area contributed by atoms with Gasteiger partial charge >= 0.3 is 0 Å². The van der Waals surface area contributed by atoms with E-state index in [0.717, 1.165) is 22.3 Å². The molecule has 10 rings (SSSR count). The maximum atomic E-state index is 4.94. The molecule has 4 heteroatoms. The summed E-state index contributed by atoms with van der Waals surface area (Å²) in [5, 5.41) is 7.48. The molecule has 0 spiro atoms. The zero-order chi connectivity index (χ0) is 33.7. The van der Waals surface area contributed by atoms with Crippen LogP contribution in [0.5, 0.6) is 0 Å². The summed E-state index contributed by atoms with van der Waals surface area (Å²) in [5.41, 5.74) is 8.74. The van der Waals surface area contributed by atoms with Crippen molar-refractivity contribution < 1.29 is 0 Å². The summed E-state index contributed by atoms with van der Waals surface area (Å²) in [5.74, 6) is 1.96. The molecular formula is C47H30N4. The predicted octanol–water partition coefficient (Wildman–Crippen LogP) is 11.9. The van der Waals surface area contributed by atoms with Gasteiger partial charge in [0, 0.05) is 32.8 Å². The third-order valence-electron chi connectivity index (χ3n) is 9.86. The molecule has 10 aromatic rings. The highest BCUT2D eigenvalue weighted by Crippen LogP contribution is 2.40. The second-order valence-electron chi connectivity index (χ2n) is 12.8. The largest absolute Gasteiger partial charge is 0.309 e. The normalized spacial score (nSPS) is 11.5. The van der Waals surface area contributed by atoms with Crippen LogP contribution in [-0.4, -0.2) is 19.5 Å². The Bertz CT molecular complexity index is 2830. The molecule has 0 aliphatic heterocycles. The zero-order valence-corrected chi connectivity index (χ0v) is 27.6. The summed E-state index contributed by atoms with van der Waals surface area (Å²) in [4.78, 5) is 14.7. The van der Waals surface area contributed by atoms with Crippen molar-refractivity contribution >= 4 is 43.4 Å². The van der Waals surface area contributed by atoms with Crippen molar-refractivity contribution in [2.24, 2.45) is 0 Å². The van der Waals surface area contributed by atoms with Gasteiger partial charge in [-0.15, -0.1) is 0 Å². The molecule has 2 aromatic heterocycles. The topological polar surface area (TPSA) is 43.6 Å². The lowest BCUT2D eigenvalue weighted by Gasteiger charge is -2.15. The summed E-state index contributed by atoms with van der Waals surface area (Å²) < 4.78 is 2.43. The molecule has 0 amide bonds. The second kappa shape index (κ2) is 11.9. The van der Waals surface area contributed by atoms with Gasteiger partial charge in [-0.2, -0.15) is 0 Å². The van der Waals surface area contributed by atoms with Crippen LogP contribution in [-0.2, 0) is 0 Å². The molecule has 0 saturated heterocycles. The number of fused-ring (bicyclic) bond motifs is 6. The lowest BCUT2D eigenvalue weighted by molar-refractivity contribution is 1.07. The van der Waals surface area contributed by atoms with Crippen LogP contribution in [0.2, 0.25) is 0 Å². The average Bonchev–Trinajstić information content (AvgIpc) is 3.56. The van der Waals surface area contributed by atoms with Crippen LogP contribution in [0, 0.1) is 0 Å². The van der Waals surface area contributed by atoms with Crippen LogP contribution in [0.3, 0.4) is 0 Å². The van der Waals surface area contributed by atoms with E-state index >= 15 is 0 Å². The molecule has 4 nitrogen and oxygen atoms in total. The first kappa shape index (κ1) is 29.0. The van der Waals surface area contributed by atoms with E-state index < -0.39 is 0 Å². The lowest BCUT2D eigenvalue weighted by Crippen LogP contribution is -2.00. The highest BCUT2D eigenvalue weighted by atomic mass is 15.0. The number of aromatic nitrogens is 4. The molecule has 51 heavy (non-hydrogen) atoms. The number of benzene rings is 8. The van der Waals surface area contributed by atoms with E-state index in [9.17, 15) is 0 Å². The predicted molar refractivity (Wildman–Crippen MR) is 211 cm³/mol. The summed E-state index contributed by atoms with van der Waals surface area (Å²) in [6, 6.07) is 64.0. The third kappa shape index (κ3) is 4.88. The first-order chi connectivity index (χ1) is 25.3. The first-order valence-corrected chi connectivity index (χ1v) is 17.2. The molecule has 0 radical (unpaired) electrons. The lowest BCUT2D eigenvalue weighted by atomic mass is 9.96. The Balaban J connectivity index is 1.10. The van der Waals surface area contributed by atoms with Gasteiger partial charge in [-0.1, -0.05) is 164 Å². The van der Waals surface area contributed by atoms with Crippen molar-refractivity contribution in [3.8, 4) is 51.0 Å². The van der Waals surface area contributed by atoms with Crippen molar-refractivity contribution in [1.82, 2.24) is 19.5 Å². The van der Waals surface area contributed by atoms with Gasteiger partial charge in [0.05, 0.1) is 16.7 Å². The zero-order valence-electron chi connectivity index (χ0n) is 27.6. The fourth-order valence-corrected chi connectivity index (χ4v) is 7.47. The van der Waals surface area contributed by atoms with E-state index in [0.29, 0.717) is 17.5 Å². The van der Waals surface area contributed by atoms with Crippen LogP contribution in [0.1, 0.15) is 0 Å². The molecule has 0 unspecified atom stereocenters. The molecule has 0 aliphatic carbocycles. The monoisotopic (exact) mass is 650 g/mol. The van der Waals surface area contributed by atoms with Gasteiger partial charge in [0.2, 0.25) is 0 Å². The highest BCUT2D eigenvalue weighted by Gasteiger charge is 2.18. The van der Waals surface area contributed by atoms with E-state index in [1.165, 1.54) is 54.6 Å². The molecule has 2 heterocycles. The molecule has 0 saturated carbocycles. The second-order valence-corrected chi connectivity index (χ2v) is 12.8. The van der Waals surface area contributed by atoms with E-state index in [2.05, 4.69) is 126 Å². The molecular weight excluding hydrogens is 621 g/mol. The van der Waals surface area contributed by atoms with Crippen molar-refractivity contribution in [1.29, 1.82) is 0 Å². The molecule has 0 N–H and O–H groups in total. The van der Waals surface area contributed by atoms with E-state index in [-0.39, 0.29) is 0 Å². The van der Waals surface area contributed by atoms with Gasteiger partial charge in [0.15, 0.2) is 17.5 Å². The van der Waals surface area contributed by atoms with Crippen LogP contribution >= 0.6 is 0 Å². The quantitative estimate of drug-likeness (QED) is 0.186. The Hall–Kier alpha value is -6.91. The summed E-state index contributed by atoms with van der Waals surface area (Å²) in [7, 11) is 0. The number of hydrogen-bond acceptors (Lipinski definition) is 3. The third-order valence-corrected chi connectivity index (χ3v) is 9.86.